The first kappa shape index (κ1) is 53.5. The first-order valence-corrected chi connectivity index (χ1v) is 32.2. The molecule has 13 aromatic carbocycles. The van der Waals surface area contributed by atoms with Crippen molar-refractivity contribution in [1.82, 2.24) is 29.1 Å². The van der Waals surface area contributed by atoms with E-state index in [1.807, 2.05) is 12.1 Å². The van der Waals surface area contributed by atoms with Gasteiger partial charge in [0.15, 0.2) is 11.6 Å². The Balaban J connectivity index is 0.664. The van der Waals surface area contributed by atoms with E-state index < -0.39 is 0 Å². The van der Waals surface area contributed by atoms with Crippen LogP contribution in [0, 0.1) is 0 Å². The topological polar surface area (TPSA) is 61.4 Å². The molecule has 0 fully saturated rings. The molecule has 6 heteroatoms. The minimum absolute atomic E-state index is 0.0272. The Bertz CT molecular complexity index is 5470. The third-order valence-corrected chi connectivity index (χ3v) is 19.5. The van der Waals surface area contributed by atoms with E-state index in [0.717, 1.165) is 78.7 Å². The summed E-state index contributed by atoms with van der Waals surface area (Å²) in [5.74, 6) is 1.44. The summed E-state index contributed by atoms with van der Waals surface area (Å²) in [5.41, 5.74) is 29.3. The summed E-state index contributed by atoms with van der Waals surface area (Å²) in [4.78, 5) is 21.3. The summed E-state index contributed by atoms with van der Waals surface area (Å²) in [6, 6.07) is 118. The van der Waals surface area contributed by atoms with Crippen molar-refractivity contribution >= 4 is 43.6 Å². The molecular formula is C88H56N6. The maximum atomic E-state index is 5.37. The molecule has 0 saturated heterocycles. The van der Waals surface area contributed by atoms with E-state index in [2.05, 4.69) is 325 Å². The van der Waals surface area contributed by atoms with Gasteiger partial charge in [-0.2, -0.15) is 0 Å². The standard InChI is InChI=1S/C88H56N6/c1-5-19-59(20-6-1)87-89-77(57-37-33-55(34-38-57)61-43-47-83-73(49-61)67-27-15-17-31-81(67)93(83)65-23-9-3-10-24-65)53-79(91-87)63-41-45-71-75(51-63)85-69-29-13-14-30-70(69)86(71)76-52-64(42-46-72(76)85)80-54-78(90-88(92-80)60-21-7-2-8-22-60)58-39-35-56(36-40-58)62-44-48-84-74(50-62)68-28-16-18-32-82(68)94(84)66-25-11-4-12-26-66/h1-54,85-86H. The van der Waals surface area contributed by atoms with Crippen LogP contribution in [-0.4, -0.2) is 29.1 Å². The fourth-order valence-electron chi connectivity index (χ4n) is 15.1. The van der Waals surface area contributed by atoms with E-state index >= 15 is 0 Å². The van der Waals surface area contributed by atoms with E-state index in [1.165, 1.54) is 88.1 Å². The molecule has 0 aliphatic heterocycles. The molecule has 17 aromatic rings. The predicted molar refractivity (Wildman–Crippen MR) is 385 cm³/mol. The van der Waals surface area contributed by atoms with E-state index in [0.29, 0.717) is 11.6 Å². The van der Waals surface area contributed by atoms with E-state index in [9.17, 15) is 0 Å². The van der Waals surface area contributed by atoms with Gasteiger partial charge in [0.05, 0.1) is 44.8 Å². The van der Waals surface area contributed by atoms with Crippen molar-refractivity contribution in [3.63, 3.8) is 0 Å². The lowest BCUT2D eigenvalue weighted by Crippen LogP contribution is -2.27. The highest BCUT2D eigenvalue weighted by molar-refractivity contribution is 6.12. The fourth-order valence-corrected chi connectivity index (χ4v) is 15.1. The number of hydrogen-bond acceptors (Lipinski definition) is 4. The van der Waals surface area contributed by atoms with E-state index in [-0.39, 0.29) is 11.8 Å². The van der Waals surface area contributed by atoms with Crippen LogP contribution in [-0.2, 0) is 0 Å². The molecule has 4 heterocycles. The molecule has 6 nitrogen and oxygen atoms in total. The van der Waals surface area contributed by atoms with Crippen LogP contribution in [0.4, 0.5) is 0 Å². The van der Waals surface area contributed by atoms with Crippen LogP contribution >= 0.6 is 0 Å². The van der Waals surface area contributed by atoms with Gasteiger partial charge in [-0.1, -0.05) is 243 Å². The molecule has 2 atom stereocenters. The molecule has 0 spiro atoms. The molecule has 94 heavy (non-hydrogen) atoms. The SMILES string of the molecule is c1ccc(-c2nc(-c3ccc(-c4ccc5c(c4)c4ccccc4n5-c4ccccc4)cc3)cc(-c3ccc4c(c3)C3c5ccccc5C4c4cc(-c5cc(-c6ccc(-c7ccc8c(c7)c7ccccc7n8-c7ccccc7)cc6)nc(-c6ccccc6)n5)ccc43)n2)cc1. The van der Waals surface area contributed by atoms with Gasteiger partial charge in [-0.3, -0.25) is 0 Å². The number of benzene rings is 13. The molecule has 438 valence electrons. The first-order valence-electron chi connectivity index (χ1n) is 32.2. The van der Waals surface area contributed by atoms with Gasteiger partial charge < -0.3 is 9.13 Å². The maximum absolute atomic E-state index is 5.37. The van der Waals surface area contributed by atoms with Gasteiger partial charge in [0.2, 0.25) is 0 Å². The van der Waals surface area contributed by atoms with Crippen molar-refractivity contribution in [2.24, 2.45) is 0 Å². The first-order chi connectivity index (χ1) is 46.6. The average Bonchev–Trinajstić information content (AvgIpc) is 0.935. The second-order valence-corrected chi connectivity index (χ2v) is 24.8. The Morgan fingerprint density at radius 2 is 0.500 bits per heavy atom. The highest BCUT2D eigenvalue weighted by atomic mass is 15.0. The molecular weight excluding hydrogens is 1140 g/mol. The summed E-state index contributed by atoms with van der Waals surface area (Å²) in [6.07, 6.45) is 0. The van der Waals surface area contributed by atoms with E-state index in [1.54, 1.807) is 0 Å². The fraction of sp³-hybridized carbons (Fsp3) is 0.0227. The minimum atomic E-state index is 0.0272. The Hall–Kier alpha value is -12.4. The van der Waals surface area contributed by atoms with Gasteiger partial charge in [0.25, 0.3) is 0 Å². The largest absolute Gasteiger partial charge is 0.309 e. The van der Waals surface area contributed by atoms with Crippen LogP contribution in [0.15, 0.2) is 328 Å². The lowest BCUT2D eigenvalue weighted by atomic mass is 9.60. The molecule has 3 aliphatic rings. The van der Waals surface area contributed by atoms with Crippen LogP contribution in [0.5, 0.6) is 0 Å². The van der Waals surface area contributed by atoms with Crippen molar-refractivity contribution in [1.29, 1.82) is 0 Å². The van der Waals surface area contributed by atoms with Crippen LogP contribution in [0.1, 0.15) is 45.2 Å². The number of fused-ring (bicyclic) bond motifs is 6. The summed E-state index contributed by atoms with van der Waals surface area (Å²) in [7, 11) is 0. The third kappa shape index (κ3) is 8.79. The minimum Gasteiger partial charge on any atom is -0.309 e. The second-order valence-electron chi connectivity index (χ2n) is 24.8. The van der Waals surface area contributed by atoms with Crippen LogP contribution in [0.2, 0.25) is 0 Å². The number of hydrogen-bond donors (Lipinski definition) is 0. The van der Waals surface area contributed by atoms with E-state index in [4.69, 9.17) is 19.9 Å². The summed E-state index contributed by atoms with van der Waals surface area (Å²) in [6.45, 7) is 0. The van der Waals surface area contributed by atoms with Crippen LogP contribution in [0.3, 0.4) is 0 Å². The average molecular weight is 1200 g/mol. The Labute approximate surface area is 543 Å². The smallest absolute Gasteiger partial charge is 0.160 e. The summed E-state index contributed by atoms with van der Waals surface area (Å²) >= 11 is 0. The molecule has 0 amide bonds. The van der Waals surface area contributed by atoms with Crippen LogP contribution < -0.4 is 0 Å². The lowest BCUT2D eigenvalue weighted by Gasteiger charge is -2.42. The number of nitrogens with zero attached hydrogens (tertiary/aromatic N) is 6. The van der Waals surface area contributed by atoms with Gasteiger partial charge in [-0.05, 0) is 141 Å². The van der Waals surface area contributed by atoms with Crippen molar-refractivity contribution in [3.8, 4) is 101 Å². The molecule has 20 rings (SSSR count). The number of aromatic nitrogens is 6. The zero-order valence-electron chi connectivity index (χ0n) is 51.0. The third-order valence-electron chi connectivity index (χ3n) is 19.5. The quantitative estimate of drug-likeness (QED) is 0.137. The molecule has 2 unspecified atom stereocenters. The molecule has 0 saturated carbocycles. The predicted octanol–water partition coefficient (Wildman–Crippen LogP) is 21.8. The van der Waals surface area contributed by atoms with Crippen molar-refractivity contribution in [3.05, 3.63) is 361 Å². The zero-order chi connectivity index (χ0) is 61.8. The molecule has 2 bridgehead atoms. The molecule has 3 aliphatic carbocycles. The van der Waals surface area contributed by atoms with Crippen LogP contribution in [0.25, 0.3) is 145 Å². The van der Waals surface area contributed by atoms with Crippen molar-refractivity contribution in [2.75, 3.05) is 0 Å². The monoisotopic (exact) mass is 1200 g/mol. The van der Waals surface area contributed by atoms with Gasteiger partial charge in [-0.15, -0.1) is 0 Å². The van der Waals surface area contributed by atoms with Gasteiger partial charge in [0, 0.05) is 78.1 Å². The summed E-state index contributed by atoms with van der Waals surface area (Å²) < 4.78 is 4.73. The Kier molecular flexibility index (Phi) is 12.3. The molecule has 0 N–H and O–H groups in total. The maximum Gasteiger partial charge on any atom is 0.160 e. The van der Waals surface area contributed by atoms with Crippen molar-refractivity contribution < 1.29 is 0 Å². The highest BCUT2D eigenvalue weighted by Crippen LogP contribution is 2.57. The Morgan fingerprint density at radius 1 is 0.191 bits per heavy atom. The number of para-hydroxylation sites is 4. The molecule has 0 radical (unpaired) electrons. The lowest BCUT2D eigenvalue weighted by molar-refractivity contribution is 0.755. The summed E-state index contributed by atoms with van der Waals surface area (Å²) in [5, 5.41) is 4.93. The number of rotatable bonds is 10. The van der Waals surface area contributed by atoms with Crippen molar-refractivity contribution in [2.45, 2.75) is 11.8 Å². The van der Waals surface area contributed by atoms with Gasteiger partial charge in [-0.25, -0.2) is 19.9 Å². The highest BCUT2D eigenvalue weighted by Gasteiger charge is 2.41. The molecule has 4 aromatic heterocycles. The van der Waals surface area contributed by atoms with Gasteiger partial charge >= 0.3 is 0 Å². The normalized spacial score (nSPS) is 13.7. The second kappa shape index (κ2) is 21.7. The Morgan fingerprint density at radius 3 is 0.915 bits per heavy atom. The van der Waals surface area contributed by atoms with Gasteiger partial charge in [0.1, 0.15) is 0 Å². The zero-order valence-corrected chi connectivity index (χ0v) is 51.0.